The number of aromatic nitrogens is 4. The van der Waals surface area contributed by atoms with Gasteiger partial charge in [-0.25, -0.2) is 15.0 Å². The lowest BCUT2D eigenvalue weighted by atomic mass is 10.2. The number of carboxylic acid groups (broad SMARTS) is 1. The molecular formula is C10H10N5O2-. The molecule has 88 valence electrons. The molecule has 0 spiro atoms. The monoisotopic (exact) mass is 232 g/mol. The second kappa shape index (κ2) is 4.20. The van der Waals surface area contributed by atoms with Gasteiger partial charge in [0.05, 0.1) is 18.3 Å². The van der Waals surface area contributed by atoms with E-state index in [1.807, 2.05) is 0 Å². The Bertz CT molecular complexity index is 577. The van der Waals surface area contributed by atoms with Crippen molar-refractivity contribution in [2.45, 2.75) is 12.5 Å². The van der Waals surface area contributed by atoms with E-state index in [0.29, 0.717) is 11.2 Å². The molecule has 7 heteroatoms. The summed E-state index contributed by atoms with van der Waals surface area (Å²) in [6.07, 6.45) is 4.34. The van der Waals surface area contributed by atoms with E-state index in [-0.39, 0.29) is 12.2 Å². The topological polar surface area (TPSA) is 110 Å². The molecule has 2 heterocycles. The molecule has 0 amide bonds. The van der Waals surface area contributed by atoms with E-state index in [1.54, 1.807) is 0 Å². The first-order valence-corrected chi connectivity index (χ1v) is 4.90. The predicted molar refractivity (Wildman–Crippen MR) is 58.6 cm³/mol. The number of imidazole rings is 1. The van der Waals surface area contributed by atoms with Crippen LogP contribution in [0.15, 0.2) is 25.3 Å². The van der Waals surface area contributed by atoms with Crippen molar-refractivity contribution < 1.29 is 9.90 Å². The molecular weight excluding hydrogens is 222 g/mol. The average molecular weight is 232 g/mol. The zero-order chi connectivity index (χ0) is 12.4. The molecule has 17 heavy (non-hydrogen) atoms. The zero-order valence-electron chi connectivity index (χ0n) is 8.91. The summed E-state index contributed by atoms with van der Waals surface area (Å²) in [7, 11) is 0. The van der Waals surface area contributed by atoms with Crippen LogP contribution in [0.2, 0.25) is 0 Å². The highest BCUT2D eigenvalue weighted by molar-refractivity contribution is 5.83. The summed E-state index contributed by atoms with van der Waals surface area (Å²) < 4.78 is 1.39. The van der Waals surface area contributed by atoms with Crippen molar-refractivity contribution in [3.8, 4) is 0 Å². The standard InChI is InChI=1S/C10H11N5O2/c1-2-3-6(10(16)17)15-5-14-7-8(11)12-4-13-9(7)15/h2,4-6H,1,3H2,(H,16,17)(H2,11,12,13)/p-1. The van der Waals surface area contributed by atoms with E-state index < -0.39 is 12.0 Å². The van der Waals surface area contributed by atoms with E-state index in [4.69, 9.17) is 5.73 Å². The molecule has 0 saturated heterocycles. The summed E-state index contributed by atoms with van der Waals surface area (Å²) in [5.74, 6) is -1.01. The van der Waals surface area contributed by atoms with E-state index in [0.717, 1.165) is 0 Å². The fourth-order valence-electron chi connectivity index (χ4n) is 1.58. The highest BCUT2D eigenvalue weighted by Crippen LogP contribution is 2.20. The van der Waals surface area contributed by atoms with Crippen molar-refractivity contribution in [2.24, 2.45) is 0 Å². The number of fused-ring (bicyclic) bond motifs is 1. The number of hydrogen-bond donors (Lipinski definition) is 1. The van der Waals surface area contributed by atoms with Crippen LogP contribution in [0.25, 0.3) is 11.2 Å². The average Bonchev–Trinajstić information content (AvgIpc) is 2.70. The highest BCUT2D eigenvalue weighted by Gasteiger charge is 2.16. The lowest BCUT2D eigenvalue weighted by molar-refractivity contribution is -0.310. The summed E-state index contributed by atoms with van der Waals surface area (Å²) in [6.45, 7) is 3.51. The molecule has 7 nitrogen and oxygen atoms in total. The van der Waals surface area contributed by atoms with Gasteiger partial charge in [-0.2, -0.15) is 0 Å². The quantitative estimate of drug-likeness (QED) is 0.696. The smallest absolute Gasteiger partial charge is 0.166 e. The van der Waals surface area contributed by atoms with Crippen molar-refractivity contribution in [1.82, 2.24) is 19.5 Å². The third-order valence-electron chi connectivity index (χ3n) is 2.38. The Morgan fingerprint density at radius 3 is 3.00 bits per heavy atom. The van der Waals surface area contributed by atoms with Crippen molar-refractivity contribution in [3.05, 3.63) is 25.3 Å². The van der Waals surface area contributed by atoms with Crippen LogP contribution in [0.4, 0.5) is 5.82 Å². The number of nitrogen functional groups attached to an aromatic ring is 1. The normalized spacial score (nSPS) is 12.5. The first kappa shape index (κ1) is 11.1. The Hall–Kier alpha value is -2.44. The number of carboxylic acids is 1. The van der Waals surface area contributed by atoms with E-state index in [9.17, 15) is 9.90 Å². The van der Waals surface area contributed by atoms with Gasteiger partial charge < -0.3 is 20.2 Å². The summed E-state index contributed by atoms with van der Waals surface area (Å²) in [5.41, 5.74) is 6.36. The number of aliphatic carboxylic acids is 1. The van der Waals surface area contributed by atoms with Crippen LogP contribution < -0.4 is 10.8 Å². The fourth-order valence-corrected chi connectivity index (χ4v) is 1.58. The van der Waals surface area contributed by atoms with Crippen molar-refractivity contribution in [2.75, 3.05) is 5.73 Å². The minimum absolute atomic E-state index is 0.212. The SMILES string of the molecule is C=CCC(C(=O)[O-])n1cnc2c(N)ncnc21. The Balaban J connectivity index is 2.58. The number of anilines is 1. The summed E-state index contributed by atoms with van der Waals surface area (Å²) in [4.78, 5) is 22.8. The number of rotatable bonds is 4. The van der Waals surface area contributed by atoms with Crippen molar-refractivity contribution >= 4 is 23.0 Å². The van der Waals surface area contributed by atoms with Gasteiger partial charge in [0, 0.05) is 0 Å². The number of nitrogens with zero attached hydrogens (tertiary/aromatic N) is 4. The fraction of sp³-hybridized carbons (Fsp3) is 0.200. The molecule has 0 aliphatic rings. The third kappa shape index (κ3) is 1.82. The Labute approximate surface area is 96.6 Å². The number of nitrogens with two attached hydrogens (primary N) is 1. The van der Waals surface area contributed by atoms with Gasteiger partial charge in [0.15, 0.2) is 11.5 Å². The van der Waals surface area contributed by atoms with Crippen LogP contribution in [0.5, 0.6) is 0 Å². The molecule has 0 radical (unpaired) electrons. The van der Waals surface area contributed by atoms with Gasteiger partial charge in [-0.15, -0.1) is 6.58 Å². The van der Waals surface area contributed by atoms with Gasteiger partial charge in [0.2, 0.25) is 0 Å². The molecule has 1 atom stereocenters. The molecule has 1 unspecified atom stereocenters. The molecule has 0 saturated carbocycles. The number of hydrogen-bond acceptors (Lipinski definition) is 6. The van der Waals surface area contributed by atoms with Gasteiger partial charge in [-0.05, 0) is 6.42 Å². The summed E-state index contributed by atoms with van der Waals surface area (Å²) in [6, 6.07) is -0.896. The minimum Gasteiger partial charge on any atom is -0.548 e. The molecule has 2 aromatic heterocycles. The van der Waals surface area contributed by atoms with Crippen molar-refractivity contribution in [3.63, 3.8) is 0 Å². The van der Waals surface area contributed by atoms with Crippen LogP contribution in [-0.2, 0) is 4.79 Å². The molecule has 0 aliphatic carbocycles. The summed E-state index contributed by atoms with van der Waals surface area (Å²) >= 11 is 0. The van der Waals surface area contributed by atoms with Crippen LogP contribution in [-0.4, -0.2) is 25.5 Å². The predicted octanol–water partition coefficient (Wildman–Crippen LogP) is -0.724. The highest BCUT2D eigenvalue weighted by atomic mass is 16.4. The Morgan fingerprint density at radius 1 is 1.59 bits per heavy atom. The Morgan fingerprint density at radius 2 is 2.35 bits per heavy atom. The van der Waals surface area contributed by atoms with Gasteiger partial charge in [0.1, 0.15) is 11.8 Å². The lowest BCUT2D eigenvalue weighted by Crippen LogP contribution is -2.32. The molecule has 2 aromatic rings. The van der Waals surface area contributed by atoms with Crippen LogP contribution >= 0.6 is 0 Å². The first-order valence-electron chi connectivity index (χ1n) is 4.90. The number of allylic oxidation sites excluding steroid dienone is 1. The Kier molecular flexibility index (Phi) is 2.73. The maximum Gasteiger partial charge on any atom is 0.166 e. The van der Waals surface area contributed by atoms with Crippen LogP contribution in [0, 0.1) is 0 Å². The van der Waals surface area contributed by atoms with Gasteiger partial charge in [-0.3, -0.25) is 0 Å². The van der Waals surface area contributed by atoms with Crippen LogP contribution in [0.1, 0.15) is 12.5 Å². The van der Waals surface area contributed by atoms with Gasteiger partial charge >= 0.3 is 0 Å². The van der Waals surface area contributed by atoms with E-state index in [2.05, 4.69) is 21.5 Å². The molecule has 2 rings (SSSR count). The maximum atomic E-state index is 11.0. The third-order valence-corrected chi connectivity index (χ3v) is 2.38. The molecule has 0 fully saturated rings. The summed E-state index contributed by atoms with van der Waals surface area (Å²) in [5, 5.41) is 11.0. The van der Waals surface area contributed by atoms with E-state index >= 15 is 0 Å². The van der Waals surface area contributed by atoms with Gasteiger partial charge in [0.25, 0.3) is 0 Å². The number of carbonyl (C=O) groups excluding carboxylic acids is 1. The van der Waals surface area contributed by atoms with Gasteiger partial charge in [-0.1, -0.05) is 6.08 Å². The largest absolute Gasteiger partial charge is 0.548 e. The van der Waals surface area contributed by atoms with Crippen LogP contribution in [0.3, 0.4) is 0 Å². The second-order valence-corrected chi connectivity index (χ2v) is 3.44. The minimum atomic E-state index is -1.22. The molecule has 0 aliphatic heterocycles. The zero-order valence-corrected chi connectivity index (χ0v) is 8.91. The van der Waals surface area contributed by atoms with E-state index in [1.165, 1.54) is 23.3 Å². The molecule has 0 bridgehead atoms. The molecule has 0 aromatic carbocycles. The maximum absolute atomic E-state index is 11.0. The first-order chi connectivity index (χ1) is 8.15. The van der Waals surface area contributed by atoms with Crippen molar-refractivity contribution in [1.29, 1.82) is 0 Å². The lowest BCUT2D eigenvalue weighted by Gasteiger charge is -2.17. The number of carbonyl (C=O) groups is 1. The molecule has 2 N–H and O–H groups in total. The second-order valence-electron chi connectivity index (χ2n) is 3.44.